The number of aromatic nitrogens is 4. The van der Waals surface area contributed by atoms with Gasteiger partial charge in [0.2, 0.25) is 0 Å². The van der Waals surface area contributed by atoms with Crippen LogP contribution in [0.5, 0.6) is 0 Å². The number of hydrogen-bond donors (Lipinski definition) is 0. The van der Waals surface area contributed by atoms with E-state index in [4.69, 9.17) is 0 Å². The minimum Gasteiger partial charge on any atom is -0.338 e. The van der Waals surface area contributed by atoms with Crippen LogP contribution in [0.1, 0.15) is 35.7 Å². The minimum atomic E-state index is 0.575. The molecule has 134 valence electrons. The van der Waals surface area contributed by atoms with Crippen molar-refractivity contribution in [1.82, 2.24) is 24.4 Å². The summed E-state index contributed by atoms with van der Waals surface area (Å²) in [4.78, 5) is 16.2. The fraction of sp³-hybridized carbons (Fsp3) is 0.381. The summed E-state index contributed by atoms with van der Waals surface area (Å²) in [5, 5.41) is 0. The number of benzene rings is 1. The molecule has 0 unspecified atom stereocenters. The molecule has 4 rings (SSSR count). The average Bonchev–Trinajstić information content (AvgIpc) is 3.09. The van der Waals surface area contributed by atoms with Crippen molar-refractivity contribution in [3.8, 4) is 11.4 Å². The van der Waals surface area contributed by atoms with Crippen LogP contribution in [0.4, 0.5) is 0 Å². The van der Waals surface area contributed by atoms with Gasteiger partial charge in [0.25, 0.3) is 0 Å². The number of aryl methyl sites for hydroxylation is 2. The summed E-state index contributed by atoms with van der Waals surface area (Å²) < 4.78 is 2.15. The molecule has 0 bridgehead atoms. The zero-order valence-corrected chi connectivity index (χ0v) is 15.5. The first-order valence-electron chi connectivity index (χ1n) is 9.26. The van der Waals surface area contributed by atoms with Crippen LogP contribution in [0.15, 0.2) is 49.1 Å². The van der Waals surface area contributed by atoms with E-state index in [1.165, 1.54) is 17.0 Å². The SMILES string of the molecule is Cc1cccc(-c2ncc(CN3CCC(c4nccn4C)CC3)cn2)c1. The molecule has 0 spiro atoms. The number of rotatable bonds is 4. The van der Waals surface area contributed by atoms with Crippen molar-refractivity contribution in [1.29, 1.82) is 0 Å². The lowest BCUT2D eigenvalue weighted by atomic mass is 9.95. The molecule has 0 aliphatic carbocycles. The highest BCUT2D eigenvalue weighted by molar-refractivity contribution is 5.55. The molecule has 1 aliphatic rings. The topological polar surface area (TPSA) is 46.8 Å². The van der Waals surface area contributed by atoms with E-state index < -0.39 is 0 Å². The minimum absolute atomic E-state index is 0.575. The highest BCUT2D eigenvalue weighted by Crippen LogP contribution is 2.27. The summed E-state index contributed by atoms with van der Waals surface area (Å²) in [5.41, 5.74) is 3.48. The summed E-state index contributed by atoms with van der Waals surface area (Å²) in [6.45, 7) is 5.20. The zero-order valence-electron chi connectivity index (χ0n) is 15.5. The van der Waals surface area contributed by atoms with Crippen molar-refractivity contribution in [2.45, 2.75) is 32.2 Å². The second-order valence-corrected chi connectivity index (χ2v) is 7.23. The molecule has 0 radical (unpaired) electrons. The van der Waals surface area contributed by atoms with E-state index in [9.17, 15) is 0 Å². The Labute approximate surface area is 154 Å². The van der Waals surface area contributed by atoms with E-state index >= 15 is 0 Å². The van der Waals surface area contributed by atoms with Gasteiger partial charge in [0.05, 0.1) is 0 Å². The summed E-state index contributed by atoms with van der Waals surface area (Å²) in [6, 6.07) is 8.32. The number of likely N-dealkylation sites (tertiary alicyclic amines) is 1. The average molecular weight is 347 g/mol. The van der Waals surface area contributed by atoms with E-state index in [0.717, 1.165) is 43.9 Å². The molecule has 3 aromatic rings. The molecule has 1 aliphatic heterocycles. The van der Waals surface area contributed by atoms with Crippen LogP contribution in [-0.2, 0) is 13.6 Å². The van der Waals surface area contributed by atoms with Crippen molar-refractivity contribution in [2.75, 3.05) is 13.1 Å². The van der Waals surface area contributed by atoms with Crippen molar-refractivity contribution in [2.24, 2.45) is 7.05 Å². The Balaban J connectivity index is 1.36. The molecular formula is C21H25N5. The van der Waals surface area contributed by atoms with Crippen molar-refractivity contribution < 1.29 is 0 Å². The Bertz CT molecular complexity index is 860. The Kier molecular flexibility index (Phi) is 4.80. The number of nitrogens with zero attached hydrogens (tertiary/aromatic N) is 5. The van der Waals surface area contributed by atoms with E-state index in [1.807, 2.05) is 30.9 Å². The predicted molar refractivity (Wildman–Crippen MR) is 103 cm³/mol. The van der Waals surface area contributed by atoms with Crippen LogP contribution in [0, 0.1) is 6.92 Å². The lowest BCUT2D eigenvalue weighted by Crippen LogP contribution is -2.33. The third-order valence-corrected chi connectivity index (χ3v) is 5.20. The fourth-order valence-electron chi connectivity index (χ4n) is 3.75. The molecule has 1 aromatic carbocycles. The molecule has 1 fully saturated rings. The van der Waals surface area contributed by atoms with Crippen molar-refractivity contribution in [3.63, 3.8) is 0 Å². The van der Waals surface area contributed by atoms with Gasteiger partial charge in [0, 0.05) is 55.4 Å². The molecule has 0 amide bonds. The van der Waals surface area contributed by atoms with Crippen LogP contribution in [0.25, 0.3) is 11.4 Å². The lowest BCUT2D eigenvalue weighted by Gasteiger charge is -2.31. The maximum atomic E-state index is 4.57. The molecule has 5 nitrogen and oxygen atoms in total. The Hall–Kier alpha value is -2.53. The van der Waals surface area contributed by atoms with Gasteiger partial charge < -0.3 is 4.57 Å². The van der Waals surface area contributed by atoms with Gasteiger partial charge in [0.15, 0.2) is 5.82 Å². The zero-order chi connectivity index (χ0) is 17.9. The smallest absolute Gasteiger partial charge is 0.159 e. The van der Waals surface area contributed by atoms with Gasteiger partial charge >= 0.3 is 0 Å². The number of piperidine rings is 1. The molecule has 0 atom stereocenters. The number of imidazole rings is 1. The van der Waals surface area contributed by atoms with E-state index in [2.05, 4.69) is 56.6 Å². The highest BCUT2D eigenvalue weighted by atomic mass is 15.1. The molecule has 26 heavy (non-hydrogen) atoms. The molecule has 5 heteroatoms. The van der Waals surface area contributed by atoms with E-state index in [1.54, 1.807) is 0 Å². The van der Waals surface area contributed by atoms with Gasteiger partial charge in [-0.15, -0.1) is 0 Å². The van der Waals surface area contributed by atoms with Crippen LogP contribution >= 0.6 is 0 Å². The van der Waals surface area contributed by atoms with E-state index in [-0.39, 0.29) is 0 Å². The first-order valence-corrected chi connectivity index (χ1v) is 9.26. The molecule has 0 saturated carbocycles. The van der Waals surface area contributed by atoms with Gasteiger partial charge in [-0.25, -0.2) is 15.0 Å². The largest absolute Gasteiger partial charge is 0.338 e. The summed E-state index contributed by atoms with van der Waals surface area (Å²) in [6.07, 6.45) is 10.2. The first-order chi connectivity index (χ1) is 12.7. The maximum absolute atomic E-state index is 4.57. The van der Waals surface area contributed by atoms with Crippen LogP contribution in [-0.4, -0.2) is 37.5 Å². The highest BCUT2D eigenvalue weighted by Gasteiger charge is 2.23. The third-order valence-electron chi connectivity index (χ3n) is 5.20. The molecule has 3 heterocycles. The van der Waals surface area contributed by atoms with Crippen LogP contribution in [0.2, 0.25) is 0 Å². The predicted octanol–water partition coefficient (Wildman–Crippen LogP) is 3.57. The van der Waals surface area contributed by atoms with Gasteiger partial charge in [-0.2, -0.15) is 0 Å². The monoisotopic (exact) mass is 347 g/mol. The Morgan fingerprint density at radius 3 is 2.50 bits per heavy atom. The summed E-state index contributed by atoms with van der Waals surface area (Å²) in [5.74, 6) is 2.59. The molecule has 0 N–H and O–H groups in total. The third kappa shape index (κ3) is 3.68. The normalized spacial score (nSPS) is 16.1. The second-order valence-electron chi connectivity index (χ2n) is 7.23. The second kappa shape index (κ2) is 7.38. The standard InChI is InChI=1S/C21H25N5/c1-16-4-3-5-19(12-16)20-23-13-17(14-24-20)15-26-9-6-18(7-10-26)21-22-8-11-25(21)2/h3-5,8,11-14,18H,6-7,9-10,15H2,1-2H3. The summed E-state index contributed by atoms with van der Waals surface area (Å²) >= 11 is 0. The molecular weight excluding hydrogens is 322 g/mol. The first kappa shape index (κ1) is 16.9. The number of hydrogen-bond acceptors (Lipinski definition) is 4. The Morgan fingerprint density at radius 1 is 1.08 bits per heavy atom. The molecule has 2 aromatic heterocycles. The van der Waals surface area contributed by atoms with Crippen LogP contribution < -0.4 is 0 Å². The van der Waals surface area contributed by atoms with Crippen molar-refractivity contribution in [3.05, 3.63) is 66.0 Å². The fourth-order valence-corrected chi connectivity index (χ4v) is 3.75. The lowest BCUT2D eigenvalue weighted by molar-refractivity contribution is 0.200. The van der Waals surface area contributed by atoms with E-state index in [0.29, 0.717) is 5.92 Å². The quantitative estimate of drug-likeness (QED) is 0.724. The molecule has 1 saturated heterocycles. The van der Waals surface area contributed by atoms with Gasteiger partial charge in [0.1, 0.15) is 5.82 Å². The van der Waals surface area contributed by atoms with Gasteiger partial charge in [-0.3, -0.25) is 4.90 Å². The van der Waals surface area contributed by atoms with Crippen molar-refractivity contribution >= 4 is 0 Å². The summed E-state index contributed by atoms with van der Waals surface area (Å²) in [7, 11) is 2.09. The van der Waals surface area contributed by atoms with Gasteiger partial charge in [-0.05, 0) is 38.9 Å². The Morgan fingerprint density at radius 2 is 1.85 bits per heavy atom. The van der Waals surface area contributed by atoms with Crippen LogP contribution in [0.3, 0.4) is 0 Å². The van der Waals surface area contributed by atoms with Gasteiger partial charge in [-0.1, -0.05) is 23.8 Å². The maximum Gasteiger partial charge on any atom is 0.159 e.